The Morgan fingerprint density at radius 3 is 2.38 bits per heavy atom. The van der Waals surface area contributed by atoms with Crippen molar-refractivity contribution in [2.75, 3.05) is 29.5 Å². The van der Waals surface area contributed by atoms with Gasteiger partial charge in [-0.3, -0.25) is 10.1 Å². The first-order chi connectivity index (χ1) is 20.1. The van der Waals surface area contributed by atoms with Gasteiger partial charge in [0.15, 0.2) is 5.78 Å². The zero-order chi connectivity index (χ0) is 29.9. The number of urea groups is 1. The predicted molar refractivity (Wildman–Crippen MR) is 167 cm³/mol. The minimum atomic E-state index is -0.445. The van der Waals surface area contributed by atoms with Crippen molar-refractivity contribution in [3.8, 4) is 5.69 Å². The molecule has 2 aromatic carbocycles. The maximum Gasteiger partial charge on any atom is 0.324 e. The molecule has 0 radical (unpaired) electrons. The van der Waals surface area contributed by atoms with Crippen molar-refractivity contribution in [3.05, 3.63) is 95.3 Å². The highest BCUT2D eigenvalue weighted by molar-refractivity contribution is 6.04. The quantitative estimate of drug-likeness (QED) is 0.202. The number of amides is 2. The van der Waals surface area contributed by atoms with Crippen LogP contribution in [0.3, 0.4) is 0 Å². The molecule has 218 valence electrons. The molecule has 5 rings (SSSR count). The van der Waals surface area contributed by atoms with Crippen molar-refractivity contribution in [2.24, 2.45) is 5.92 Å². The number of para-hydroxylation sites is 1. The summed E-state index contributed by atoms with van der Waals surface area (Å²) in [6.45, 7) is 9.96. The number of ketones is 1. The fourth-order valence-corrected chi connectivity index (χ4v) is 5.39. The summed E-state index contributed by atoms with van der Waals surface area (Å²) in [4.78, 5) is 31.6. The van der Waals surface area contributed by atoms with E-state index in [9.17, 15) is 9.59 Å². The molecule has 1 saturated heterocycles. The molecular weight excluding hydrogens is 526 g/mol. The molecule has 0 bridgehead atoms. The molecule has 5 N–H and O–H groups in total. The lowest BCUT2D eigenvalue weighted by Gasteiger charge is -2.31. The molecule has 0 saturated carbocycles. The molecule has 42 heavy (non-hydrogen) atoms. The number of Topliss-reactive ketones (excluding diaryl/α,β-unsaturated/α-hetero) is 1. The van der Waals surface area contributed by atoms with E-state index in [-0.39, 0.29) is 17.1 Å². The smallest absolute Gasteiger partial charge is 0.324 e. The van der Waals surface area contributed by atoms with E-state index >= 15 is 0 Å². The largest absolute Gasteiger partial charge is 0.384 e. The number of nitrogens with one attached hydrogen (secondary N) is 3. The van der Waals surface area contributed by atoms with Crippen LogP contribution in [0.15, 0.2) is 72.9 Å². The van der Waals surface area contributed by atoms with Crippen LogP contribution >= 0.6 is 0 Å². The molecule has 1 fully saturated rings. The molecule has 9 heteroatoms. The number of aromatic nitrogens is 3. The van der Waals surface area contributed by atoms with Crippen LogP contribution in [-0.4, -0.2) is 39.7 Å². The van der Waals surface area contributed by atoms with Crippen LogP contribution in [0.5, 0.6) is 0 Å². The highest BCUT2D eigenvalue weighted by atomic mass is 16.2. The van der Waals surface area contributed by atoms with Crippen LogP contribution in [0.25, 0.3) is 5.69 Å². The second-order valence-electron chi connectivity index (χ2n) is 12.0. The molecule has 4 aromatic rings. The molecule has 1 aliphatic heterocycles. The van der Waals surface area contributed by atoms with Gasteiger partial charge >= 0.3 is 6.03 Å². The minimum Gasteiger partial charge on any atom is -0.384 e. The number of nitrogen functional groups attached to an aromatic ring is 1. The van der Waals surface area contributed by atoms with E-state index < -0.39 is 11.9 Å². The maximum absolute atomic E-state index is 14.0. The number of carbonyl (C=O) groups excluding carboxylic acids is 2. The fourth-order valence-electron chi connectivity index (χ4n) is 5.39. The summed E-state index contributed by atoms with van der Waals surface area (Å²) in [6.07, 6.45) is 3.24. The van der Waals surface area contributed by atoms with E-state index in [0.29, 0.717) is 22.9 Å². The zero-order valence-corrected chi connectivity index (χ0v) is 24.6. The van der Waals surface area contributed by atoms with Gasteiger partial charge in [-0.25, -0.2) is 14.5 Å². The lowest BCUT2D eigenvalue weighted by molar-refractivity contribution is 0.0916. The molecule has 1 aliphatic rings. The first-order valence-corrected chi connectivity index (χ1v) is 14.4. The van der Waals surface area contributed by atoms with Crippen molar-refractivity contribution in [3.63, 3.8) is 0 Å². The Kier molecular flexibility index (Phi) is 8.40. The van der Waals surface area contributed by atoms with Crippen LogP contribution in [0.2, 0.25) is 0 Å². The molecule has 3 heterocycles. The fraction of sp³-hybridized carbons (Fsp3) is 0.333. The Hall–Kier alpha value is -4.50. The number of hydrogen-bond acceptors (Lipinski definition) is 6. The molecular formula is C33H39N7O2. The third kappa shape index (κ3) is 6.52. The van der Waals surface area contributed by atoms with Gasteiger partial charge in [-0.15, -0.1) is 0 Å². The SMILES string of the molecule is Cc1ccc(-n2nc(C(C)(C)C)cc2NC(=O)Nc2ccccc2C(C(=O)c2ccc(N)nc2)C2CCNCC2)cc1. The van der Waals surface area contributed by atoms with E-state index in [1.165, 1.54) is 6.20 Å². The second kappa shape index (κ2) is 12.2. The van der Waals surface area contributed by atoms with Crippen molar-refractivity contribution in [1.29, 1.82) is 0 Å². The predicted octanol–water partition coefficient (Wildman–Crippen LogP) is 6.07. The van der Waals surface area contributed by atoms with Crippen LogP contribution < -0.4 is 21.7 Å². The average molecular weight is 566 g/mol. The molecule has 0 aliphatic carbocycles. The van der Waals surface area contributed by atoms with Crippen LogP contribution in [0.1, 0.15) is 66.7 Å². The summed E-state index contributed by atoms with van der Waals surface area (Å²) >= 11 is 0. The first-order valence-electron chi connectivity index (χ1n) is 14.4. The van der Waals surface area contributed by atoms with E-state index in [4.69, 9.17) is 10.8 Å². The Labute approximate surface area is 246 Å². The van der Waals surface area contributed by atoms with Gasteiger partial charge < -0.3 is 16.4 Å². The summed E-state index contributed by atoms with van der Waals surface area (Å²) < 4.78 is 1.75. The molecule has 2 aromatic heterocycles. The van der Waals surface area contributed by atoms with Gasteiger partial charge in [-0.05, 0) is 74.7 Å². The highest BCUT2D eigenvalue weighted by Crippen LogP contribution is 2.38. The zero-order valence-electron chi connectivity index (χ0n) is 24.6. The van der Waals surface area contributed by atoms with Crippen molar-refractivity contribution in [1.82, 2.24) is 20.1 Å². The molecule has 2 amide bonds. The van der Waals surface area contributed by atoms with Crippen LogP contribution in [0, 0.1) is 12.8 Å². The number of nitrogens with zero attached hydrogens (tertiary/aromatic N) is 3. The number of anilines is 3. The lowest BCUT2D eigenvalue weighted by atomic mass is 9.76. The molecule has 1 atom stereocenters. The number of benzene rings is 2. The number of pyridine rings is 1. The highest BCUT2D eigenvalue weighted by Gasteiger charge is 2.33. The van der Waals surface area contributed by atoms with E-state index in [0.717, 1.165) is 48.4 Å². The molecule has 0 spiro atoms. The van der Waals surface area contributed by atoms with Gasteiger partial charge in [0.05, 0.1) is 17.3 Å². The Balaban J connectivity index is 1.45. The Morgan fingerprint density at radius 2 is 1.71 bits per heavy atom. The number of piperidine rings is 1. The number of carbonyl (C=O) groups is 2. The number of rotatable bonds is 7. The third-order valence-electron chi connectivity index (χ3n) is 7.75. The van der Waals surface area contributed by atoms with Crippen LogP contribution in [-0.2, 0) is 5.41 Å². The third-order valence-corrected chi connectivity index (χ3v) is 7.75. The Bertz CT molecular complexity index is 1550. The maximum atomic E-state index is 14.0. The normalized spacial score (nSPS) is 14.8. The van der Waals surface area contributed by atoms with Crippen molar-refractivity contribution in [2.45, 2.75) is 51.9 Å². The molecule has 9 nitrogen and oxygen atoms in total. The van der Waals surface area contributed by atoms with E-state index in [2.05, 4.69) is 41.7 Å². The van der Waals surface area contributed by atoms with Crippen molar-refractivity contribution >= 4 is 29.1 Å². The number of hydrogen-bond donors (Lipinski definition) is 4. The monoisotopic (exact) mass is 565 g/mol. The van der Waals surface area contributed by atoms with Gasteiger partial charge in [-0.2, -0.15) is 5.10 Å². The van der Waals surface area contributed by atoms with Gasteiger partial charge in [0.2, 0.25) is 0 Å². The van der Waals surface area contributed by atoms with E-state index in [1.807, 2.05) is 61.5 Å². The summed E-state index contributed by atoms with van der Waals surface area (Å²) in [7, 11) is 0. The van der Waals surface area contributed by atoms with Gasteiger partial charge in [-0.1, -0.05) is 56.7 Å². The summed E-state index contributed by atoms with van der Waals surface area (Å²) in [5, 5.41) is 14.3. The topological polar surface area (TPSA) is 127 Å². The summed E-state index contributed by atoms with van der Waals surface area (Å²) in [6, 6.07) is 20.4. The lowest BCUT2D eigenvalue weighted by Crippen LogP contribution is -2.34. The minimum absolute atomic E-state index is 0.0312. The summed E-state index contributed by atoms with van der Waals surface area (Å²) in [5.41, 5.74) is 10.3. The average Bonchev–Trinajstić information content (AvgIpc) is 3.39. The van der Waals surface area contributed by atoms with Gasteiger partial charge in [0, 0.05) is 28.9 Å². The molecule has 1 unspecified atom stereocenters. The standard InChI is InChI=1S/C33H39N7O2/c1-21-9-12-24(13-10-21)40-29(19-27(39-40)33(2,3)4)38-32(42)37-26-8-6-5-7-25(26)30(22-15-17-35-18-16-22)31(41)23-11-14-28(34)36-20-23/h5-14,19-20,22,30,35H,15-18H2,1-4H3,(H2,34,36)(H2,37,38,42). The van der Waals surface area contributed by atoms with Gasteiger partial charge in [0.25, 0.3) is 0 Å². The second-order valence-corrected chi connectivity index (χ2v) is 12.0. The van der Waals surface area contributed by atoms with Gasteiger partial charge in [0.1, 0.15) is 11.6 Å². The van der Waals surface area contributed by atoms with Crippen LogP contribution in [0.4, 0.5) is 22.1 Å². The van der Waals surface area contributed by atoms with E-state index in [1.54, 1.807) is 16.8 Å². The van der Waals surface area contributed by atoms with Crippen molar-refractivity contribution < 1.29 is 9.59 Å². The number of nitrogens with two attached hydrogens (primary N) is 1. The number of aryl methyl sites for hydroxylation is 1. The summed E-state index contributed by atoms with van der Waals surface area (Å²) in [5.74, 6) is 0.552. The Morgan fingerprint density at radius 1 is 1.00 bits per heavy atom. The first kappa shape index (κ1) is 29.0.